The van der Waals surface area contributed by atoms with Crippen molar-refractivity contribution in [2.75, 3.05) is 20.2 Å². The normalized spacial score (nSPS) is 10.8. The zero-order valence-electron chi connectivity index (χ0n) is 11.8. The van der Waals surface area contributed by atoms with Gasteiger partial charge in [-0.3, -0.25) is 4.79 Å². The summed E-state index contributed by atoms with van der Waals surface area (Å²) in [6.07, 6.45) is 0.523. The average Bonchev–Trinajstić information content (AvgIpc) is 2.84. The number of aliphatic hydroxyl groups is 1. The van der Waals surface area contributed by atoms with Gasteiger partial charge in [0.15, 0.2) is 0 Å². The molecule has 0 aliphatic heterocycles. The van der Waals surface area contributed by atoms with Crippen LogP contribution in [0.25, 0.3) is 10.9 Å². The van der Waals surface area contributed by atoms with Crippen molar-refractivity contribution in [1.29, 1.82) is 0 Å². The third-order valence-corrected chi connectivity index (χ3v) is 3.43. The van der Waals surface area contributed by atoms with Gasteiger partial charge in [0, 0.05) is 36.7 Å². The van der Waals surface area contributed by atoms with Gasteiger partial charge < -0.3 is 20.1 Å². The Hall–Kier alpha value is -2.34. The third kappa shape index (κ3) is 3.22. The predicted octanol–water partition coefficient (Wildman–Crippen LogP) is 1.25. The summed E-state index contributed by atoms with van der Waals surface area (Å²) >= 11 is 0. The molecule has 0 fully saturated rings. The standard InChI is InChI=1S/C15H18N2O4/c1-17(7-4-8-18)13(19)9-11-10-5-2-3-6-12(10)16-14(11)15(20)21/h2-3,5-6,16,18H,4,7-9H2,1H3,(H,20,21). The molecule has 0 spiro atoms. The third-order valence-electron chi connectivity index (χ3n) is 3.43. The topological polar surface area (TPSA) is 93.6 Å². The van der Waals surface area contributed by atoms with Crippen LogP contribution < -0.4 is 0 Å². The van der Waals surface area contributed by atoms with Gasteiger partial charge in [-0.15, -0.1) is 0 Å². The number of carboxylic acid groups (broad SMARTS) is 1. The van der Waals surface area contributed by atoms with Gasteiger partial charge in [0.2, 0.25) is 5.91 Å². The molecule has 2 rings (SSSR count). The molecule has 3 N–H and O–H groups in total. The predicted molar refractivity (Wildman–Crippen MR) is 78.3 cm³/mol. The largest absolute Gasteiger partial charge is 0.477 e. The fourth-order valence-electron chi connectivity index (χ4n) is 2.28. The molecule has 112 valence electrons. The summed E-state index contributed by atoms with van der Waals surface area (Å²) < 4.78 is 0. The van der Waals surface area contributed by atoms with Crippen LogP contribution in [-0.2, 0) is 11.2 Å². The number of hydrogen-bond donors (Lipinski definition) is 3. The van der Waals surface area contributed by atoms with E-state index in [0.29, 0.717) is 24.0 Å². The first-order chi connectivity index (χ1) is 10.0. The van der Waals surface area contributed by atoms with Gasteiger partial charge in [0.25, 0.3) is 0 Å². The van der Waals surface area contributed by atoms with Gasteiger partial charge in [-0.05, 0) is 12.5 Å². The summed E-state index contributed by atoms with van der Waals surface area (Å²) in [5, 5.41) is 18.8. The number of hydrogen-bond acceptors (Lipinski definition) is 3. The van der Waals surface area contributed by atoms with Crippen LogP contribution in [0, 0.1) is 0 Å². The number of nitrogens with one attached hydrogen (secondary N) is 1. The number of amides is 1. The molecule has 0 unspecified atom stereocenters. The van der Waals surface area contributed by atoms with Crippen LogP contribution >= 0.6 is 0 Å². The minimum Gasteiger partial charge on any atom is -0.477 e. The highest BCUT2D eigenvalue weighted by atomic mass is 16.4. The van der Waals surface area contributed by atoms with Crippen LogP contribution in [0.2, 0.25) is 0 Å². The summed E-state index contributed by atoms with van der Waals surface area (Å²) in [5.74, 6) is -1.25. The van der Waals surface area contributed by atoms with Crippen LogP contribution in [0.15, 0.2) is 24.3 Å². The van der Waals surface area contributed by atoms with E-state index in [1.165, 1.54) is 4.90 Å². The van der Waals surface area contributed by atoms with E-state index in [1.807, 2.05) is 12.1 Å². The van der Waals surface area contributed by atoms with Gasteiger partial charge in [-0.2, -0.15) is 0 Å². The molecule has 6 nitrogen and oxygen atoms in total. The Labute approximate surface area is 122 Å². The van der Waals surface area contributed by atoms with Crippen molar-refractivity contribution >= 4 is 22.8 Å². The molecule has 1 aromatic carbocycles. The number of aromatic nitrogens is 1. The van der Waals surface area contributed by atoms with Gasteiger partial charge in [0.1, 0.15) is 5.69 Å². The number of aliphatic hydroxyl groups excluding tert-OH is 1. The van der Waals surface area contributed by atoms with Crippen LogP contribution in [-0.4, -0.2) is 52.2 Å². The molecule has 1 aromatic heterocycles. The second kappa shape index (κ2) is 6.41. The van der Waals surface area contributed by atoms with Crippen LogP contribution in [0.4, 0.5) is 0 Å². The maximum Gasteiger partial charge on any atom is 0.352 e. The number of carbonyl (C=O) groups excluding carboxylic acids is 1. The van der Waals surface area contributed by atoms with E-state index in [4.69, 9.17) is 5.11 Å². The Morgan fingerprint density at radius 3 is 2.67 bits per heavy atom. The lowest BCUT2D eigenvalue weighted by atomic mass is 10.1. The van der Waals surface area contributed by atoms with Crippen molar-refractivity contribution in [3.05, 3.63) is 35.5 Å². The van der Waals surface area contributed by atoms with Crippen molar-refractivity contribution in [3.8, 4) is 0 Å². The Balaban J connectivity index is 2.30. The molecular formula is C15H18N2O4. The fourth-order valence-corrected chi connectivity index (χ4v) is 2.28. The quantitative estimate of drug-likeness (QED) is 0.746. The molecule has 0 saturated carbocycles. The number of para-hydroxylation sites is 1. The van der Waals surface area contributed by atoms with Crippen molar-refractivity contribution in [1.82, 2.24) is 9.88 Å². The number of H-pyrrole nitrogens is 1. The molecule has 21 heavy (non-hydrogen) atoms. The molecule has 0 aliphatic carbocycles. The number of aromatic carboxylic acids is 1. The maximum atomic E-state index is 12.2. The van der Waals surface area contributed by atoms with Crippen LogP contribution in [0.3, 0.4) is 0 Å². The minimum atomic E-state index is -1.08. The Morgan fingerprint density at radius 2 is 2.00 bits per heavy atom. The minimum absolute atomic E-state index is 0.0189. The van der Waals surface area contributed by atoms with E-state index in [9.17, 15) is 14.7 Å². The molecule has 1 amide bonds. The first kappa shape index (κ1) is 15.1. The lowest BCUT2D eigenvalue weighted by molar-refractivity contribution is -0.129. The smallest absolute Gasteiger partial charge is 0.352 e. The molecule has 0 saturated heterocycles. The van der Waals surface area contributed by atoms with Crippen LogP contribution in [0.5, 0.6) is 0 Å². The fraction of sp³-hybridized carbons (Fsp3) is 0.333. The van der Waals surface area contributed by atoms with Gasteiger partial charge >= 0.3 is 5.97 Å². The highest BCUT2D eigenvalue weighted by molar-refractivity contribution is 5.99. The monoisotopic (exact) mass is 290 g/mol. The number of benzene rings is 1. The number of rotatable bonds is 6. The number of likely N-dealkylation sites (N-methyl/N-ethyl adjacent to an activating group) is 1. The van der Waals surface area contributed by atoms with Crippen LogP contribution in [0.1, 0.15) is 22.5 Å². The zero-order valence-corrected chi connectivity index (χ0v) is 11.8. The highest BCUT2D eigenvalue weighted by Gasteiger charge is 2.20. The maximum absolute atomic E-state index is 12.2. The van der Waals surface area contributed by atoms with E-state index in [0.717, 1.165) is 5.39 Å². The van der Waals surface area contributed by atoms with E-state index < -0.39 is 5.97 Å². The molecular weight excluding hydrogens is 272 g/mol. The molecule has 0 radical (unpaired) electrons. The first-order valence-electron chi connectivity index (χ1n) is 6.72. The number of aromatic amines is 1. The van der Waals surface area contributed by atoms with Crippen molar-refractivity contribution in [2.24, 2.45) is 0 Å². The molecule has 1 heterocycles. The summed E-state index contributed by atoms with van der Waals surface area (Å²) in [7, 11) is 1.65. The van der Waals surface area contributed by atoms with Crippen molar-refractivity contribution in [3.63, 3.8) is 0 Å². The van der Waals surface area contributed by atoms with Crippen molar-refractivity contribution in [2.45, 2.75) is 12.8 Å². The van der Waals surface area contributed by atoms with Gasteiger partial charge in [-0.1, -0.05) is 18.2 Å². The number of nitrogens with zero attached hydrogens (tertiary/aromatic N) is 1. The molecule has 0 bridgehead atoms. The lowest BCUT2D eigenvalue weighted by Gasteiger charge is -2.16. The van der Waals surface area contributed by atoms with E-state index in [2.05, 4.69) is 4.98 Å². The molecule has 0 aliphatic rings. The SMILES string of the molecule is CN(CCCO)C(=O)Cc1c(C(=O)O)[nH]c2ccccc12. The summed E-state index contributed by atoms with van der Waals surface area (Å²) in [5.41, 5.74) is 1.26. The average molecular weight is 290 g/mol. The Kier molecular flexibility index (Phi) is 4.59. The molecule has 6 heteroatoms. The number of fused-ring (bicyclic) bond motifs is 1. The zero-order chi connectivity index (χ0) is 15.4. The first-order valence-corrected chi connectivity index (χ1v) is 6.72. The molecule has 2 aromatic rings. The Morgan fingerprint density at radius 1 is 1.29 bits per heavy atom. The number of carbonyl (C=O) groups is 2. The molecule has 0 atom stereocenters. The second-order valence-corrected chi connectivity index (χ2v) is 4.90. The summed E-state index contributed by atoms with van der Waals surface area (Å²) in [6, 6.07) is 7.20. The highest BCUT2D eigenvalue weighted by Crippen LogP contribution is 2.23. The van der Waals surface area contributed by atoms with E-state index in [-0.39, 0.29) is 24.6 Å². The van der Waals surface area contributed by atoms with Gasteiger partial charge in [-0.25, -0.2) is 4.79 Å². The van der Waals surface area contributed by atoms with Crippen molar-refractivity contribution < 1.29 is 19.8 Å². The van der Waals surface area contributed by atoms with E-state index >= 15 is 0 Å². The van der Waals surface area contributed by atoms with Gasteiger partial charge in [0.05, 0.1) is 6.42 Å². The Bertz CT molecular complexity index is 663. The second-order valence-electron chi connectivity index (χ2n) is 4.90. The lowest BCUT2D eigenvalue weighted by Crippen LogP contribution is -2.30. The van der Waals surface area contributed by atoms with E-state index in [1.54, 1.807) is 19.2 Å². The summed E-state index contributed by atoms with van der Waals surface area (Å²) in [4.78, 5) is 27.8. The number of carboxylic acids is 1. The summed E-state index contributed by atoms with van der Waals surface area (Å²) in [6.45, 7) is 0.463.